The van der Waals surface area contributed by atoms with Crippen LogP contribution in [-0.2, 0) is 38.8 Å². The third kappa shape index (κ3) is 6.43. The van der Waals surface area contributed by atoms with Crippen LogP contribution < -0.4 is 11.2 Å². The van der Waals surface area contributed by atoms with Gasteiger partial charge in [-0.05, 0) is 18.7 Å². The molecule has 6 atom stereocenters. The van der Waals surface area contributed by atoms with Crippen molar-refractivity contribution in [2.75, 3.05) is 6.61 Å². The summed E-state index contributed by atoms with van der Waals surface area (Å²) in [4.78, 5) is 60.8. The number of aromatic amines is 1. The molecule has 1 aromatic heterocycles. The molecule has 0 saturated carbocycles. The molecule has 21 heteroatoms. The largest absolute Gasteiger partial charge is 0.488 e. The van der Waals surface area contributed by atoms with Crippen molar-refractivity contribution in [3.8, 4) is 0 Å². The summed E-state index contributed by atoms with van der Waals surface area (Å²) in [5.41, 5.74) is -4.48. The zero-order valence-corrected chi connectivity index (χ0v) is 18.5. The van der Waals surface area contributed by atoms with Crippen LogP contribution in [0.5, 0.6) is 0 Å². The van der Waals surface area contributed by atoms with Gasteiger partial charge in [0, 0.05) is 12.3 Å². The van der Waals surface area contributed by atoms with E-state index in [1.807, 2.05) is 4.98 Å². The first-order valence-electron chi connectivity index (χ1n) is 7.65. The van der Waals surface area contributed by atoms with E-state index < -0.39 is 64.0 Å². The molecule has 1 fully saturated rings. The van der Waals surface area contributed by atoms with Crippen molar-refractivity contribution in [3.05, 3.63) is 33.1 Å². The van der Waals surface area contributed by atoms with Gasteiger partial charge in [-0.1, -0.05) is 0 Å². The van der Waals surface area contributed by atoms with Crippen molar-refractivity contribution in [1.29, 1.82) is 0 Å². The van der Waals surface area contributed by atoms with Gasteiger partial charge in [0.1, 0.15) is 18.3 Å². The summed E-state index contributed by atoms with van der Waals surface area (Å²) in [7, 11) is -11.2. The molecule has 2 heterocycles. The molecule has 1 aliphatic heterocycles. The summed E-state index contributed by atoms with van der Waals surface area (Å²) in [5, 5.41) is 20.6. The second-order valence-electron chi connectivity index (χ2n) is 6.27. The highest BCUT2D eigenvalue weighted by molar-refractivity contribution is 8.08. The fraction of sp³-hybridized carbons (Fsp3) is 0.600. The number of hydrogen-bond acceptors (Lipinski definition) is 11. The molecule has 7 N–H and O–H groups in total. The van der Waals surface area contributed by atoms with Gasteiger partial charge >= 0.3 is 28.1 Å². The van der Waals surface area contributed by atoms with Gasteiger partial charge in [-0.2, -0.15) is 4.31 Å². The predicted octanol–water partition coefficient (Wildman–Crippen LogP) is -1.70. The van der Waals surface area contributed by atoms with E-state index in [1.165, 1.54) is 0 Å². The van der Waals surface area contributed by atoms with E-state index in [1.54, 1.807) is 0 Å². The zero-order chi connectivity index (χ0) is 24.0. The third-order valence-electron chi connectivity index (χ3n) is 3.71. The summed E-state index contributed by atoms with van der Waals surface area (Å²) in [5.74, 6) is -3.40. The third-order valence-corrected chi connectivity index (χ3v) is 8.41. The van der Waals surface area contributed by atoms with E-state index in [4.69, 9.17) is 14.5 Å². The maximum Gasteiger partial charge on any atom is 0.488 e. The van der Waals surface area contributed by atoms with E-state index in [-0.39, 0.29) is 0 Å². The van der Waals surface area contributed by atoms with Gasteiger partial charge in [-0.25, -0.2) is 22.6 Å². The molecular formula is C10H16FN2O14P3S. The molecule has 1 aliphatic rings. The molecule has 0 aliphatic carbocycles. The number of nitrogens with one attached hydrogen (secondary N) is 1. The fourth-order valence-corrected chi connectivity index (χ4v) is 6.43. The summed E-state index contributed by atoms with van der Waals surface area (Å²) in [6.45, 7) is -5.64. The van der Waals surface area contributed by atoms with Crippen molar-refractivity contribution in [2.45, 2.75) is 30.7 Å². The maximum atomic E-state index is 15.2. The number of hydrogen-bond donors (Lipinski definition) is 7. The summed E-state index contributed by atoms with van der Waals surface area (Å²) < 4.78 is 54.4. The van der Waals surface area contributed by atoms with Crippen molar-refractivity contribution < 1.29 is 61.2 Å². The van der Waals surface area contributed by atoms with Crippen LogP contribution in [0.2, 0.25) is 0 Å². The van der Waals surface area contributed by atoms with Crippen LogP contribution in [0.4, 0.5) is 4.39 Å². The average Bonchev–Trinajstić information content (AvgIpc) is 2.71. The van der Waals surface area contributed by atoms with Gasteiger partial charge in [0.2, 0.25) is 0 Å². The molecule has 0 bridgehead atoms. The Bertz CT molecular complexity index is 1100. The van der Waals surface area contributed by atoms with Gasteiger partial charge in [0.05, 0.1) is 0 Å². The topological polar surface area (TPSA) is 247 Å². The van der Waals surface area contributed by atoms with Gasteiger partial charge < -0.3 is 39.0 Å². The number of rotatable bonds is 8. The molecular weight excluding hydrogens is 516 g/mol. The molecule has 31 heavy (non-hydrogen) atoms. The normalized spacial score (nSPS) is 33.0. The quantitative estimate of drug-likeness (QED) is 0.184. The Labute approximate surface area is 175 Å². The summed E-state index contributed by atoms with van der Waals surface area (Å²) in [6.07, 6.45) is -3.56. The zero-order valence-electron chi connectivity index (χ0n) is 15.0. The number of H-pyrrole nitrogens is 1. The monoisotopic (exact) mass is 532 g/mol. The maximum absolute atomic E-state index is 15.2. The first-order chi connectivity index (χ1) is 13.8. The molecule has 0 amide bonds. The molecule has 16 nitrogen and oxygen atoms in total. The van der Waals surface area contributed by atoms with Crippen LogP contribution in [0.3, 0.4) is 0 Å². The lowest BCUT2D eigenvalue weighted by molar-refractivity contribution is -0.204. The number of aliphatic hydroxyl groups excluding tert-OH is 1. The number of aromatic nitrogens is 2. The molecule has 6 unspecified atom stereocenters. The van der Waals surface area contributed by atoms with E-state index in [9.17, 15) is 38.7 Å². The molecule has 1 saturated heterocycles. The number of aliphatic hydroxyl groups is 2. The Morgan fingerprint density at radius 3 is 2.39 bits per heavy atom. The minimum Gasteiger partial charge on any atom is -0.384 e. The first kappa shape index (κ1) is 26.6. The van der Waals surface area contributed by atoms with Gasteiger partial charge in [-0.3, -0.25) is 14.3 Å². The fourth-order valence-electron chi connectivity index (χ4n) is 2.48. The van der Waals surface area contributed by atoms with E-state index in [0.717, 1.165) is 19.2 Å². The van der Waals surface area contributed by atoms with E-state index in [2.05, 4.69) is 25.0 Å². The summed E-state index contributed by atoms with van der Waals surface area (Å²) in [6, 6.07) is 0.836. The SMILES string of the molecule is CC1(O)C(n2ccc(=O)[nH]c2=O)OC(F)(COP(O)(=S)OP(=O)(O)OP(=O)(O)O)C1O. The standard InChI is InChI=1S/C10H16FN2O14P3S/c1-9(17)6(15)10(11,25-7(9)13-3-2-5(14)12-8(13)16)4-24-30(23,31)27-29(21,22)26-28(18,19)20/h2-3,6-7,15,17H,4H2,1H3,(H,21,22)(H,23,31)(H,12,14,16)(H2,18,19,20). The lowest BCUT2D eigenvalue weighted by Crippen LogP contribution is -2.50. The lowest BCUT2D eigenvalue weighted by Gasteiger charge is -2.28. The molecule has 2 rings (SSSR count). The Balaban J connectivity index is 2.22. The molecule has 0 aromatic carbocycles. The van der Waals surface area contributed by atoms with Gasteiger partial charge in [0.15, 0.2) is 6.23 Å². The Morgan fingerprint density at radius 1 is 1.29 bits per heavy atom. The van der Waals surface area contributed by atoms with Crippen molar-refractivity contribution >= 4 is 34.2 Å². The van der Waals surface area contributed by atoms with Crippen LogP contribution in [0.1, 0.15) is 13.2 Å². The second-order valence-corrected chi connectivity index (χ2v) is 12.1. The van der Waals surface area contributed by atoms with Gasteiger partial charge in [0.25, 0.3) is 11.4 Å². The van der Waals surface area contributed by atoms with Crippen LogP contribution >= 0.6 is 22.4 Å². The average molecular weight is 532 g/mol. The van der Waals surface area contributed by atoms with Crippen molar-refractivity contribution in [2.24, 2.45) is 0 Å². The molecule has 1 aromatic rings. The lowest BCUT2D eigenvalue weighted by atomic mass is 9.95. The number of alkyl halides is 1. The van der Waals surface area contributed by atoms with Crippen LogP contribution in [0.15, 0.2) is 21.9 Å². The predicted molar refractivity (Wildman–Crippen MR) is 98.4 cm³/mol. The number of nitrogens with zero attached hydrogens (tertiary/aromatic N) is 1. The van der Waals surface area contributed by atoms with Crippen molar-refractivity contribution in [1.82, 2.24) is 9.55 Å². The number of ether oxygens (including phenoxy) is 1. The molecule has 178 valence electrons. The summed E-state index contributed by atoms with van der Waals surface area (Å²) >= 11 is 4.31. The minimum absolute atomic E-state index is 0.535. The Hall–Kier alpha value is -0.680. The highest BCUT2D eigenvalue weighted by Crippen LogP contribution is 2.66. The Morgan fingerprint density at radius 2 is 1.87 bits per heavy atom. The van der Waals surface area contributed by atoms with Crippen LogP contribution in [-0.4, -0.2) is 63.5 Å². The number of halogens is 1. The molecule has 0 spiro atoms. The van der Waals surface area contributed by atoms with Crippen molar-refractivity contribution in [3.63, 3.8) is 0 Å². The molecule has 0 radical (unpaired) electrons. The number of phosphoric acid groups is 2. The highest BCUT2D eigenvalue weighted by atomic mass is 32.5. The van der Waals surface area contributed by atoms with Gasteiger partial charge in [-0.15, -0.1) is 0 Å². The Kier molecular flexibility index (Phi) is 7.36. The van der Waals surface area contributed by atoms with E-state index in [0.29, 0.717) is 4.57 Å². The highest BCUT2D eigenvalue weighted by Gasteiger charge is 2.63. The van der Waals surface area contributed by atoms with E-state index >= 15 is 4.39 Å². The minimum atomic E-state index is -5.68. The van der Waals surface area contributed by atoms with Crippen LogP contribution in [0, 0.1) is 0 Å². The smallest absolute Gasteiger partial charge is 0.384 e. The second kappa shape index (κ2) is 8.59. The first-order valence-corrected chi connectivity index (χ1v) is 13.3. The van der Waals surface area contributed by atoms with Crippen LogP contribution in [0.25, 0.3) is 0 Å².